The monoisotopic (exact) mass is 473 g/mol. The quantitative estimate of drug-likeness (QED) is 0.372. The maximum absolute atomic E-state index is 12.9. The van der Waals surface area contributed by atoms with Crippen LogP contribution in [0.2, 0.25) is 0 Å². The Morgan fingerprint density at radius 1 is 0.971 bits per heavy atom. The van der Waals surface area contributed by atoms with E-state index in [4.69, 9.17) is 9.84 Å². The molecule has 3 aromatic carbocycles. The topological polar surface area (TPSA) is 90.9 Å². The third-order valence-electron chi connectivity index (χ3n) is 6.05. The first-order chi connectivity index (χ1) is 17.0. The molecular formula is C28H31N3O4. The number of para-hydroxylation sites is 1. The highest BCUT2D eigenvalue weighted by atomic mass is 16.5. The second-order valence-electron chi connectivity index (χ2n) is 8.78. The van der Waals surface area contributed by atoms with E-state index in [9.17, 15) is 9.59 Å². The van der Waals surface area contributed by atoms with Crippen LogP contribution in [0, 0.1) is 0 Å². The number of ether oxygens (including phenoxy) is 1. The smallest absolute Gasteiger partial charge is 0.335 e. The highest BCUT2D eigenvalue weighted by molar-refractivity contribution is 5.92. The lowest BCUT2D eigenvalue weighted by atomic mass is 10.1. The van der Waals surface area contributed by atoms with E-state index < -0.39 is 5.97 Å². The van der Waals surface area contributed by atoms with Crippen LogP contribution in [0.5, 0.6) is 11.5 Å². The zero-order valence-electron chi connectivity index (χ0n) is 19.7. The molecule has 1 unspecified atom stereocenters. The molecule has 0 saturated carbocycles. The molecule has 1 heterocycles. The van der Waals surface area contributed by atoms with Crippen molar-refractivity contribution in [1.82, 2.24) is 10.2 Å². The van der Waals surface area contributed by atoms with Crippen molar-refractivity contribution in [1.29, 1.82) is 0 Å². The van der Waals surface area contributed by atoms with Gasteiger partial charge in [0.15, 0.2) is 0 Å². The van der Waals surface area contributed by atoms with Crippen LogP contribution in [0.1, 0.15) is 35.2 Å². The van der Waals surface area contributed by atoms with Crippen molar-refractivity contribution in [2.45, 2.75) is 31.8 Å². The third kappa shape index (κ3) is 7.67. The number of carboxylic acid groups (broad SMARTS) is 1. The van der Waals surface area contributed by atoms with Crippen molar-refractivity contribution >= 4 is 17.6 Å². The van der Waals surface area contributed by atoms with Gasteiger partial charge in [-0.3, -0.25) is 9.69 Å². The minimum absolute atomic E-state index is 0.0942. The average Bonchev–Trinajstić information content (AvgIpc) is 3.38. The van der Waals surface area contributed by atoms with Crippen LogP contribution in [-0.4, -0.2) is 47.6 Å². The van der Waals surface area contributed by atoms with E-state index in [1.54, 1.807) is 12.1 Å². The van der Waals surface area contributed by atoms with Crippen molar-refractivity contribution in [3.05, 3.63) is 90.0 Å². The minimum atomic E-state index is -0.944. The molecule has 1 saturated heterocycles. The molecule has 0 aromatic heterocycles. The van der Waals surface area contributed by atoms with Gasteiger partial charge in [0.25, 0.3) is 0 Å². The number of rotatable bonds is 11. The maximum Gasteiger partial charge on any atom is 0.335 e. The second kappa shape index (κ2) is 12.1. The number of hydrogen-bond donors (Lipinski definition) is 3. The third-order valence-corrected chi connectivity index (χ3v) is 6.05. The SMILES string of the molecule is O=C(CN(CCC1CCCN1)Cc1ccc(C(=O)O)cc1)Nc1ccc(Oc2ccccc2)cc1. The number of carbonyl (C=O) groups excluding carboxylic acids is 1. The zero-order chi connectivity index (χ0) is 24.5. The summed E-state index contributed by atoms with van der Waals surface area (Å²) in [5, 5.41) is 15.6. The molecule has 182 valence electrons. The molecule has 0 bridgehead atoms. The number of nitrogens with zero attached hydrogens (tertiary/aromatic N) is 1. The fraction of sp³-hybridized carbons (Fsp3) is 0.286. The van der Waals surface area contributed by atoms with Crippen LogP contribution in [0.15, 0.2) is 78.9 Å². The highest BCUT2D eigenvalue weighted by Gasteiger charge is 2.18. The highest BCUT2D eigenvalue weighted by Crippen LogP contribution is 2.22. The van der Waals surface area contributed by atoms with E-state index in [1.807, 2.05) is 66.7 Å². The van der Waals surface area contributed by atoms with E-state index in [-0.39, 0.29) is 18.0 Å². The molecule has 35 heavy (non-hydrogen) atoms. The number of carboxylic acids is 1. The summed E-state index contributed by atoms with van der Waals surface area (Å²) in [5.74, 6) is 0.418. The normalized spacial score (nSPS) is 15.2. The Hall–Kier alpha value is -3.68. The Labute approximate surface area is 205 Å². The van der Waals surface area contributed by atoms with Gasteiger partial charge in [0.05, 0.1) is 12.1 Å². The Bertz CT molecular complexity index is 1100. The van der Waals surface area contributed by atoms with Gasteiger partial charge in [0, 0.05) is 24.8 Å². The summed E-state index contributed by atoms with van der Waals surface area (Å²) in [6.45, 7) is 2.64. The number of aromatic carboxylic acids is 1. The summed E-state index contributed by atoms with van der Waals surface area (Å²) in [5.41, 5.74) is 1.94. The molecular weight excluding hydrogens is 442 g/mol. The lowest BCUT2D eigenvalue weighted by Crippen LogP contribution is -2.36. The molecule has 1 amide bonds. The van der Waals surface area contributed by atoms with Gasteiger partial charge < -0.3 is 20.5 Å². The van der Waals surface area contributed by atoms with Gasteiger partial charge in [-0.05, 0) is 79.9 Å². The fourth-order valence-electron chi connectivity index (χ4n) is 4.20. The fourth-order valence-corrected chi connectivity index (χ4v) is 4.20. The molecule has 3 aromatic rings. The van der Waals surface area contributed by atoms with Crippen LogP contribution in [0.25, 0.3) is 0 Å². The standard InChI is InChI=1S/C28H31N3O4/c32-27(30-24-12-14-26(15-13-24)35-25-6-2-1-3-7-25)20-31(18-16-23-5-4-17-29-23)19-21-8-10-22(11-9-21)28(33)34/h1-3,6-15,23,29H,4-5,16-20H2,(H,30,32)(H,33,34). The molecule has 1 aliphatic rings. The van der Waals surface area contributed by atoms with Crippen molar-refractivity contribution < 1.29 is 19.4 Å². The van der Waals surface area contributed by atoms with Gasteiger partial charge in [0.1, 0.15) is 11.5 Å². The molecule has 0 radical (unpaired) electrons. The summed E-state index contributed by atoms with van der Waals surface area (Å²) in [4.78, 5) is 26.1. The molecule has 7 heteroatoms. The maximum atomic E-state index is 12.9. The second-order valence-corrected chi connectivity index (χ2v) is 8.78. The molecule has 1 aliphatic heterocycles. The van der Waals surface area contributed by atoms with E-state index in [0.717, 1.165) is 37.2 Å². The van der Waals surface area contributed by atoms with Gasteiger partial charge in [0.2, 0.25) is 5.91 Å². The Kier molecular flexibility index (Phi) is 8.48. The molecule has 1 fully saturated rings. The van der Waals surface area contributed by atoms with Crippen LogP contribution in [0.4, 0.5) is 5.69 Å². The molecule has 0 spiro atoms. The first kappa shape index (κ1) is 24.4. The molecule has 1 atom stereocenters. The van der Waals surface area contributed by atoms with Crippen molar-refractivity contribution in [3.63, 3.8) is 0 Å². The number of anilines is 1. The van der Waals surface area contributed by atoms with Gasteiger partial charge >= 0.3 is 5.97 Å². The van der Waals surface area contributed by atoms with Gasteiger partial charge in [-0.1, -0.05) is 30.3 Å². The van der Waals surface area contributed by atoms with Crippen LogP contribution in [0.3, 0.4) is 0 Å². The van der Waals surface area contributed by atoms with Gasteiger partial charge in [-0.2, -0.15) is 0 Å². The Morgan fingerprint density at radius 2 is 1.69 bits per heavy atom. The number of benzene rings is 3. The van der Waals surface area contributed by atoms with E-state index >= 15 is 0 Å². The summed E-state index contributed by atoms with van der Waals surface area (Å²) < 4.78 is 5.81. The predicted octanol–water partition coefficient (Wildman–Crippen LogP) is 4.76. The molecule has 7 nitrogen and oxygen atoms in total. The number of carbonyl (C=O) groups is 2. The average molecular weight is 474 g/mol. The van der Waals surface area contributed by atoms with Crippen LogP contribution >= 0.6 is 0 Å². The van der Waals surface area contributed by atoms with Crippen molar-refractivity contribution in [2.24, 2.45) is 0 Å². The largest absolute Gasteiger partial charge is 0.478 e. The predicted molar refractivity (Wildman–Crippen MR) is 136 cm³/mol. The minimum Gasteiger partial charge on any atom is -0.478 e. The van der Waals surface area contributed by atoms with Crippen LogP contribution in [-0.2, 0) is 11.3 Å². The Balaban J connectivity index is 1.34. The van der Waals surface area contributed by atoms with Crippen molar-refractivity contribution in [3.8, 4) is 11.5 Å². The van der Waals surface area contributed by atoms with E-state index in [2.05, 4.69) is 15.5 Å². The molecule has 0 aliphatic carbocycles. The molecule has 3 N–H and O–H groups in total. The van der Waals surface area contributed by atoms with E-state index in [1.165, 1.54) is 6.42 Å². The number of nitrogens with one attached hydrogen (secondary N) is 2. The summed E-state index contributed by atoms with van der Waals surface area (Å²) in [7, 11) is 0. The van der Waals surface area contributed by atoms with Crippen LogP contribution < -0.4 is 15.4 Å². The lowest BCUT2D eigenvalue weighted by molar-refractivity contribution is -0.117. The van der Waals surface area contributed by atoms with Crippen molar-refractivity contribution in [2.75, 3.05) is 25.0 Å². The molecule has 4 rings (SSSR count). The Morgan fingerprint density at radius 3 is 2.34 bits per heavy atom. The number of amides is 1. The van der Waals surface area contributed by atoms with Gasteiger partial charge in [-0.15, -0.1) is 0 Å². The first-order valence-corrected chi connectivity index (χ1v) is 12.0. The van der Waals surface area contributed by atoms with Gasteiger partial charge in [-0.25, -0.2) is 4.79 Å². The summed E-state index contributed by atoms with van der Waals surface area (Å²) in [6.07, 6.45) is 3.31. The first-order valence-electron chi connectivity index (χ1n) is 12.0. The summed E-state index contributed by atoms with van der Waals surface area (Å²) >= 11 is 0. The summed E-state index contributed by atoms with van der Waals surface area (Å²) in [6, 6.07) is 24.2. The zero-order valence-corrected chi connectivity index (χ0v) is 19.7. The number of hydrogen-bond acceptors (Lipinski definition) is 5. The van der Waals surface area contributed by atoms with E-state index in [0.29, 0.717) is 24.0 Å². The lowest BCUT2D eigenvalue weighted by Gasteiger charge is -2.24.